The molecule has 0 radical (unpaired) electrons. The van der Waals surface area contributed by atoms with Crippen molar-refractivity contribution in [2.24, 2.45) is 0 Å². The fourth-order valence-electron chi connectivity index (χ4n) is 2.79. The Hall–Kier alpha value is -2.96. The summed E-state index contributed by atoms with van der Waals surface area (Å²) in [6, 6.07) is 23.6. The van der Waals surface area contributed by atoms with Crippen molar-refractivity contribution in [1.29, 1.82) is 0 Å². The van der Waals surface area contributed by atoms with Gasteiger partial charge >= 0.3 is 0 Å². The monoisotopic (exact) mass is 454 g/mol. The lowest BCUT2D eigenvalue weighted by atomic mass is 10.2. The molecule has 0 spiro atoms. The van der Waals surface area contributed by atoms with Crippen molar-refractivity contribution in [2.45, 2.75) is 23.5 Å². The molecule has 1 atom stereocenters. The van der Waals surface area contributed by atoms with Gasteiger partial charge in [0.15, 0.2) is 6.61 Å². The van der Waals surface area contributed by atoms with Crippen molar-refractivity contribution >= 4 is 46.6 Å². The van der Waals surface area contributed by atoms with Crippen molar-refractivity contribution in [2.75, 3.05) is 17.2 Å². The summed E-state index contributed by atoms with van der Waals surface area (Å²) >= 11 is 7.43. The van der Waals surface area contributed by atoms with Gasteiger partial charge in [0.25, 0.3) is 5.91 Å². The first kappa shape index (κ1) is 22.7. The molecule has 0 aromatic heterocycles. The normalized spacial score (nSPS) is 11.4. The van der Waals surface area contributed by atoms with E-state index in [1.807, 2.05) is 43.3 Å². The van der Waals surface area contributed by atoms with Gasteiger partial charge in [0, 0.05) is 21.3 Å². The minimum Gasteiger partial charge on any atom is -0.484 e. The number of carbonyl (C=O) groups excluding carboxylic acids is 2. The molecule has 0 bridgehead atoms. The number of ether oxygens (including phenoxy) is 1. The summed E-state index contributed by atoms with van der Waals surface area (Å²) < 4.78 is 5.47. The number of para-hydroxylation sites is 1. The fourth-order valence-corrected chi connectivity index (χ4v) is 3.99. The molecule has 0 fully saturated rings. The largest absolute Gasteiger partial charge is 0.484 e. The predicted octanol–water partition coefficient (Wildman–Crippen LogP) is 5.87. The number of thioether (sulfide) groups is 1. The fraction of sp³-hybridized carbons (Fsp3) is 0.167. The number of halogens is 1. The number of rotatable bonds is 9. The van der Waals surface area contributed by atoms with E-state index in [2.05, 4.69) is 10.6 Å². The first-order valence-corrected chi connectivity index (χ1v) is 11.1. The predicted molar refractivity (Wildman–Crippen MR) is 127 cm³/mol. The molecule has 160 valence electrons. The van der Waals surface area contributed by atoms with Crippen LogP contribution in [0.25, 0.3) is 0 Å². The van der Waals surface area contributed by atoms with Gasteiger partial charge in [-0.15, -0.1) is 11.8 Å². The summed E-state index contributed by atoms with van der Waals surface area (Å²) in [5.41, 5.74) is 1.31. The average molecular weight is 455 g/mol. The van der Waals surface area contributed by atoms with Crippen LogP contribution in [0.15, 0.2) is 83.8 Å². The third-order valence-electron chi connectivity index (χ3n) is 4.26. The second kappa shape index (κ2) is 11.4. The Morgan fingerprint density at radius 2 is 1.65 bits per heavy atom. The molecule has 2 amide bonds. The van der Waals surface area contributed by atoms with Gasteiger partial charge in [-0.2, -0.15) is 0 Å². The maximum atomic E-state index is 12.7. The summed E-state index contributed by atoms with van der Waals surface area (Å²) in [6.45, 7) is 1.88. The Kier molecular flexibility index (Phi) is 8.38. The van der Waals surface area contributed by atoms with Crippen LogP contribution >= 0.6 is 23.4 Å². The van der Waals surface area contributed by atoms with Gasteiger partial charge in [-0.1, -0.05) is 48.9 Å². The highest BCUT2D eigenvalue weighted by atomic mass is 35.5. The molecule has 31 heavy (non-hydrogen) atoms. The van der Waals surface area contributed by atoms with Crippen molar-refractivity contribution < 1.29 is 14.3 Å². The standard InChI is InChI=1S/C24H23ClN2O3S/c1-2-22(24(29)27-18-9-6-8-17(25)14-18)31-21-13-7-10-19(15-21)26-23(28)16-30-20-11-4-3-5-12-20/h3-15,22H,2,16H2,1H3,(H,26,28)(H,27,29). The van der Waals surface area contributed by atoms with Crippen LogP contribution in [-0.4, -0.2) is 23.7 Å². The van der Waals surface area contributed by atoms with E-state index in [0.717, 1.165) is 4.90 Å². The molecule has 0 saturated carbocycles. The summed E-state index contributed by atoms with van der Waals surface area (Å²) in [7, 11) is 0. The Morgan fingerprint density at radius 1 is 0.935 bits per heavy atom. The van der Waals surface area contributed by atoms with Crippen LogP contribution in [-0.2, 0) is 9.59 Å². The van der Waals surface area contributed by atoms with Crippen LogP contribution < -0.4 is 15.4 Å². The van der Waals surface area contributed by atoms with E-state index in [1.54, 1.807) is 42.5 Å². The Balaban J connectivity index is 1.56. The molecule has 1 unspecified atom stereocenters. The summed E-state index contributed by atoms with van der Waals surface area (Å²) in [5, 5.41) is 6.01. The summed E-state index contributed by atoms with van der Waals surface area (Å²) in [4.78, 5) is 25.8. The summed E-state index contributed by atoms with van der Waals surface area (Å²) in [6.07, 6.45) is 0.651. The highest BCUT2D eigenvalue weighted by Gasteiger charge is 2.18. The van der Waals surface area contributed by atoms with E-state index in [0.29, 0.717) is 28.6 Å². The van der Waals surface area contributed by atoms with Crippen LogP contribution in [0, 0.1) is 0 Å². The molecule has 7 heteroatoms. The molecule has 3 aromatic rings. The van der Waals surface area contributed by atoms with E-state index >= 15 is 0 Å². The van der Waals surface area contributed by atoms with Crippen LogP contribution in [0.4, 0.5) is 11.4 Å². The van der Waals surface area contributed by atoms with Gasteiger partial charge in [-0.05, 0) is 55.0 Å². The van der Waals surface area contributed by atoms with E-state index in [4.69, 9.17) is 16.3 Å². The van der Waals surface area contributed by atoms with E-state index in [-0.39, 0.29) is 23.7 Å². The highest BCUT2D eigenvalue weighted by molar-refractivity contribution is 8.00. The topological polar surface area (TPSA) is 67.4 Å². The Labute approximate surface area is 191 Å². The second-order valence-electron chi connectivity index (χ2n) is 6.69. The smallest absolute Gasteiger partial charge is 0.262 e. The van der Waals surface area contributed by atoms with E-state index < -0.39 is 0 Å². The number of amides is 2. The number of carbonyl (C=O) groups is 2. The second-order valence-corrected chi connectivity index (χ2v) is 8.40. The van der Waals surface area contributed by atoms with Crippen molar-refractivity contribution in [3.05, 3.63) is 83.9 Å². The Morgan fingerprint density at radius 3 is 2.35 bits per heavy atom. The highest BCUT2D eigenvalue weighted by Crippen LogP contribution is 2.29. The van der Waals surface area contributed by atoms with Crippen molar-refractivity contribution in [3.63, 3.8) is 0 Å². The van der Waals surface area contributed by atoms with Gasteiger partial charge in [-0.25, -0.2) is 0 Å². The third-order valence-corrected chi connectivity index (χ3v) is 5.86. The average Bonchev–Trinajstić information content (AvgIpc) is 2.77. The van der Waals surface area contributed by atoms with Gasteiger partial charge < -0.3 is 15.4 Å². The number of hydrogen-bond acceptors (Lipinski definition) is 4. The molecule has 3 rings (SSSR count). The first-order chi connectivity index (χ1) is 15.0. The zero-order valence-corrected chi connectivity index (χ0v) is 18.6. The van der Waals surface area contributed by atoms with E-state index in [9.17, 15) is 9.59 Å². The van der Waals surface area contributed by atoms with E-state index in [1.165, 1.54) is 11.8 Å². The number of nitrogens with one attached hydrogen (secondary N) is 2. The quantitative estimate of drug-likeness (QED) is 0.397. The zero-order valence-electron chi connectivity index (χ0n) is 17.0. The van der Waals surface area contributed by atoms with Crippen molar-refractivity contribution in [1.82, 2.24) is 0 Å². The maximum absolute atomic E-state index is 12.7. The number of benzene rings is 3. The molecular weight excluding hydrogens is 432 g/mol. The van der Waals surface area contributed by atoms with Gasteiger partial charge in [-0.3, -0.25) is 9.59 Å². The first-order valence-electron chi connectivity index (χ1n) is 9.84. The molecular formula is C24H23ClN2O3S. The molecule has 0 aliphatic heterocycles. The zero-order chi connectivity index (χ0) is 22.1. The third kappa shape index (κ3) is 7.35. The molecule has 0 aliphatic rings. The minimum atomic E-state index is -0.286. The molecule has 2 N–H and O–H groups in total. The van der Waals surface area contributed by atoms with Crippen LogP contribution in [0.5, 0.6) is 5.75 Å². The number of hydrogen-bond donors (Lipinski definition) is 2. The Bertz CT molecular complexity index is 1030. The molecule has 0 saturated heterocycles. The van der Waals surface area contributed by atoms with Gasteiger partial charge in [0.1, 0.15) is 5.75 Å². The van der Waals surface area contributed by atoms with Gasteiger partial charge in [0.05, 0.1) is 5.25 Å². The molecule has 0 aliphatic carbocycles. The van der Waals surface area contributed by atoms with Crippen molar-refractivity contribution in [3.8, 4) is 5.75 Å². The molecule has 0 heterocycles. The minimum absolute atomic E-state index is 0.0823. The lowest BCUT2D eigenvalue weighted by molar-refractivity contribution is -0.118. The maximum Gasteiger partial charge on any atom is 0.262 e. The van der Waals surface area contributed by atoms with Crippen LogP contribution in [0.1, 0.15) is 13.3 Å². The number of anilines is 2. The summed E-state index contributed by atoms with van der Waals surface area (Å²) in [5.74, 6) is 0.288. The molecule has 5 nitrogen and oxygen atoms in total. The lowest BCUT2D eigenvalue weighted by Gasteiger charge is -2.15. The SMILES string of the molecule is CCC(Sc1cccc(NC(=O)COc2ccccc2)c1)C(=O)Nc1cccc(Cl)c1. The molecule has 3 aromatic carbocycles. The van der Waals surface area contributed by atoms with Crippen LogP contribution in [0.3, 0.4) is 0 Å². The lowest BCUT2D eigenvalue weighted by Crippen LogP contribution is -2.24. The van der Waals surface area contributed by atoms with Crippen LogP contribution in [0.2, 0.25) is 5.02 Å². The van der Waals surface area contributed by atoms with Gasteiger partial charge in [0.2, 0.25) is 5.91 Å².